The van der Waals surface area contributed by atoms with Gasteiger partial charge in [0.25, 0.3) is 0 Å². The summed E-state index contributed by atoms with van der Waals surface area (Å²) in [6, 6.07) is 14.6. The van der Waals surface area contributed by atoms with Gasteiger partial charge < -0.3 is 19.9 Å². The Morgan fingerprint density at radius 3 is 1.95 bits per heavy atom. The van der Waals surface area contributed by atoms with E-state index in [-0.39, 0.29) is 35.7 Å². The van der Waals surface area contributed by atoms with E-state index >= 15 is 0 Å². The van der Waals surface area contributed by atoms with E-state index in [1.54, 1.807) is 17.0 Å². The average Bonchev–Trinajstić information content (AvgIpc) is 2.92. The van der Waals surface area contributed by atoms with Crippen LogP contribution in [-0.2, 0) is 10.9 Å². The van der Waals surface area contributed by atoms with Crippen LogP contribution in [0.25, 0.3) is 0 Å². The standard InChI is InChI=1S/C33H45F3N4O3/c1-31(2,3)27-22-39(28(23-10-8-7-9-11-23)24-12-14-25(15-13-24)33(34,35)36)20-21-40(27)29(41)37-26-16-18-38(19-17-26)30(42)43-32(4,5)6/h7-15,26-28H,16-22H2,1-6H3,(H,37,41)/t27-,28?/m1/s1. The van der Waals surface area contributed by atoms with Crippen LogP contribution >= 0.6 is 0 Å². The summed E-state index contributed by atoms with van der Waals surface area (Å²) in [5.41, 5.74) is 0.288. The van der Waals surface area contributed by atoms with Gasteiger partial charge in [-0.1, -0.05) is 63.2 Å². The third kappa shape index (κ3) is 8.43. The van der Waals surface area contributed by atoms with Crippen molar-refractivity contribution in [2.75, 3.05) is 32.7 Å². The molecule has 4 rings (SSSR count). The molecule has 1 N–H and O–H groups in total. The molecule has 2 aromatic rings. The fourth-order valence-electron chi connectivity index (χ4n) is 5.92. The van der Waals surface area contributed by atoms with Crippen LogP contribution in [-0.4, -0.2) is 77.2 Å². The molecule has 7 nitrogen and oxygen atoms in total. The highest BCUT2D eigenvalue weighted by Gasteiger charge is 2.41. The molecule has 2 aliphatic heterocycles. The van der Waals surface area contributed by atoms with Gasteiger partial charge in [-0.25, -0.2) is 9.59 Å². The lowest BCUT2D eigenvalue weighted by molar-refractivity contribution is -0.137. The van der Waals surface area contributed by atoms with Crippen LogP contribution in [0.5, 0.6) is 0 Å². The maximum atomic E-state index is 13.7. The Labute approximate surface area is 253 Å². The maximum absolute atomic E-state index is 13.7. The number of nitrogens with one attached hydrogen (secondary N) is 1. The Balaban J connectivity index is 1.47. The van der Waals surface area contributed by atoms with Gasteiger partial charge in [0.1, 0.15) is 5.60 Å². The Morgan fingerprint density at radius 1 is 0.837 bits per heavy atom. The quantitative estimate of drug-likeness (QED) is 0.412. The van der Waals surface area contributed by atoms with Crippen molar-refractivity contribution in [3.8, 4) is 0 Å². The van der Waals surface area contributed by atoms with E-state index in [2.05, 4.69) is 31.0 Å². The summed E-state index contributed by atoms with van der Waals surface area (Å²) in [5, 5.41) is 3.21. The molecule has 0 saturated carbocycles. The lowest BCUT2D eigenvalue weighted by Gasteiger charge is -2.49. The van der Waals surface area contributed by atoms with E-state index in [1.807, 2.05) is 56.0 Å². The van der Waals surface area contributed by atoms with Gasteiger partial charge in [0.05, 0.1) is 17.6 Å². The molecule has 2 fully saturated rings. The van der Waals surface area contributed by atoms with Gasteiger partial charge in [-0.05, 0) is 62.3 Å². The number of urea groups is 1. The highest BCUT2D eigenvalue weighted by molar-refractivity contribution is 5.75. The van der Waals surface area contributed by atoms with Crippen molar-refractivity contribution in [3.63, 3.8) is 0 Å². The summed E-state index contributed by atoms with van der Waals surface area (Å²) in [6.45, 7) is 14.5. The van der Waals surface area contributed by atoms with Crippen molar-refractivity contribution in [3.05, 3.63) is 71.3 Å². The summed E-state index contributed by atoms with van der Waals surface area (Å²) in [6.07, 6.45) is -3.43. The number of piperazine rings is 1. The van der Waals surface area contributed by atoms with E-state index in [1.165, 1.54) is 0 Å². The topological polar surface area (TPSA) is 65.1 Å². The summed E-state index contributed by atoms with van der Waals surface area (Å²) >= 11 is 0. The first kappa shape index (κ1) is 32.6. The predicted octanol–water partition coefficient (Wildman–Crippen LogP) is 6.94. The lowest BCUT2D eigenvalue weighted by Crippen LogP contribution is -2.63. The molecule has 1 unspecified atom stereocenters. The molecule has 0 bridgehead atoms. The third-order valence-corrected chi connectivity index (χ3v) is 8.18. The minimum absolute atomic E-state index is 0.0472. The van der Waals surface area contributed by atoms with E-state index < -0.39 is 17.3 Å². The fraction of sp³-hybridized carbons (Fsp3) is 0.576. The number of halogens is 3. The van der Waals surface area contributed by atoms with Gasteiger partial charge >= 0.3 is 18.3 Å². The van der Waals surface area contributed by atoms with Gasteiger partial charge in [-0.2, -0.15) is 13.2 Å². The van der Waals surface area contributed by atoms with Crippen molar-refractivity contribution in [1.82, 2.24) is 20.0 Å². The van der Waals surface area contributed by atoms with Crippen molar-refractivity contribution in [2.24, 2.45) is 5.41 Å². The molecule has 2 aromatic carbocycles. The number of hydrogen-bond donors (Lipinski definition) is 1. The van der Waals surface area contributed by atoms with Crippen LogP contribution in [0.3, 0.4) is 0 Å². The van der Waals surface area contributed by atoms with Gasteiger partial charge in [0.2, 0.25) is 0 Å². The minimum Gasteiger partial charge on any atom is -0.444 e. The summed E-state index contributed by atoms with van der Waals surface area (Å²) in [4.78, 5) is 32.0. The first-order valence-corrected chi connectivity index (χ1v) is 15.0. The van der Waals surface area contributed by atoms with Crippen molar-refractivity contribution in [2.45, 2.75) is 84.3 Å². The molecule has 2 atom stereocenters. The van der Waals surface area contributed by atoms with Crippen molar-refractivity contribution < 1.29 is 27.5 Å². The third-order valence-electron chi connectivity index (χ3n) is 8.18. The monoisotopic (exact) mass is 602 g/mol. The number of ether oxygens (including phenoxy) is 1. The Bertz CT molecular complexity index is 1230. The Hall–Kier alpha value is -3.27. The number of carbonyl (C=O) groups is 2. The number of amides is 3. The molecular weight excluding hydrogens is 557 g/mol. The lowest BCUT2D eigenvalue weighted by atomic mass is 9.83. The molecule has 3 amide bonds. The molecular formula is C33H45F3N4O3. The number of alkyl halides is 3. The molecule has 0 radical (unpaired) electrons. The molecule has 236 valence electrons. The highest BCUT2D eigenvalue weighted by Crippen LogP contribution is 2.37. The zero-order valence-electron chi connectivity index (χ0n) is 26.1. The van der Waals surface area contributed by atoms with Crippen LogP contribution in [0.4, 0.5) is 22.8 Å². The second-order valence-corrected chi connectivity index (χ2v) is 13.7. The summed E-state index contributed by atoms with van der Waals surface area (Å²) in [7, 11) is 0. The second-order valence-electron chi connectivity index (χ2n) is 13.7. The van der Waals surface area contributed by atoms with Gasteiger partial charge in [-0.15, -0.1) is 0 Å². The minimum atomic E-state index is -4.40. The van der Waals surface area contributed by atoms with Crippen molar-refractivity contribution in [1.29, 1.82) is 0 Å². The molecule has 0 aromatic heterocycles. The van der Waals surface area contributed by atoms with Gasteiger partial charge in [0.15, 0.2) is 0 Å². The number of hydrogen-bond acceptors (Lipinski definition) is 4. The largest absolute Gasteiger partial charge is 0.444 e. The Kier molecular flexibility index (Phi) is 9.69. The molecule has 10 heteroatoms. The van der Waals surface area contributed by atoms with Crippen LogP contribution in [0.15, 0.2) is 54.6 Å². The normalized spacial score (nSPS) is 20.1. The number of rotatable bonds is 4. The number of nitrogens with zero attached hydrogens (tertiary/aromatic N) is 3. The van der Waals surface area contributed by atoms with Crippen LogP contribution < -0.4 is 5.32 Å². The Morgan fingerprint density at radius 2 is 1.42 bits per heavy atom. The summed E-state index contributed by atoms with van der Waals surface area (Å²) in [5.74, 6) is 0. The molecule has 0 spiro atoms. The first-order valence-electron chi connectivity index (χ1n) is 15.0. The highest BCUT2D eigenvalue weighted by atomic mass is 19.4. The van der Waals surface area contributed by atoms with E-state index in [0.717, 1.165) is 23.3 Å². The molecule has 2 heterocycles. The number of benzene rings is 2. The van der Waals surface area contributed by atoms with E-state index in [0.29, 0.717) is 45.6 Å². The smallest absolute Gasteiger partial charge is 0.416 e. The van der Waals surface area contributed by atoms with Crippen LogP contribution in [0.1, 0.15) is 77.1 Å². The maximum Gasteiger partial charge on any atom is 0.416 e. The number of carbonyl (C=O) groups excluding carboxylic acids is 2. The van der Waals surface area contributed by atoms with Crippen LogP contribution in [0, 0.1) is 5.41 Å². The second kappa shape index (κ2) is 12.8. The number of piperidine rings is 1. The molecule has 2 saturated heterocycles. The SMILES string of the molecule is CC(C)(C)OC(=O)N1CCC(NC(=O)N2CCN(C(c3ccccc3)c3ccc(C(F)(F)F)cc3)C[C@@H]2C(C)(C)C)CC1. The van der Waals surface area contributed by atoms with Gasteiger partial charge in [0, 0.05) is 38.8 Å². The first-order chi connectivity index (χ1) is 20.0. The number of likely N-dealkylation sites (tertiary alicyclic amines) is 1. The zero-order chi connectivity index (χ0) is 31.6. The summed E-state index contributed by atoms with van der Waals surface area (Å²) < 4.78 is 45.4. The fourth-order valence-corrected chi connectivity index (χ4v) is 5.92. The van der Waals surface area contributed by atoms with E-state index in [4.69, 9.17) is 4.74 Å². The zero-order valence-corrected chi connectivity index (χ0v) is 26.1. The predicted molar refractivity (Wildman–Crippen MR) is 161 cm³/mol. The van der Waals surface area contributed by atoms with E-state index in [9.17, 15) is 22.8 Å². The van der Waals surface area contributed by atoms with Gasteiger partial charge in [-0.3, -0.25) is 4.90 Å². The van der Waals surface area contributed by atoms with Crippen molar-refractivity contribution >= 4 is 12.1 Å². The molecule has 2 aliphatic rings. The molecule has 0 aliphatic carbocycles. The molecule has 43 heavy (non-hydrogen) atoms. The van der Waals surface area contributed by atoms with Crippen LogP contribution in [0.2, 0.25) is 0 Å². The average molecular weight is 603 g/mol.